The van der Waals surface area contributed by atoms with Crippen LogP contribution < -0.4 is 10.5 Å². The average Bonchev–Trinajstić information content (AvgIpc) is 3.18. The second-order valence-corrected chi connectivity index (χ2v) is 9.05. The molecule has 4 rings (SSSR count). The van der Waals surface area contributed by atoms with Gasteiger partial charge in [0.1, 0.15) is 6.04 Å². The van der Waals surface area contributed by atoms with E-state index in [4.69, 9.17) is 22.1 Å². The molecule has 3 heterocycles. The molecule has 1 saturated heterocycles. The fraction of sp³-hybridized carbons (Fsp3) is 0.318. The van der Waals surface area contributed by atoms with E-state index in [-0.39, 0.29) is 18.4 Å². The Morgan fingerprint density at radius 3 is 2.87 bits per heavy atom. The van der Waals surface area contributed by atoms with Crippen LogP contribution in [0.25, 0.3) is 10.9 Å². The number of hydrogen-bond acceptors (Lipinski definition) is 6. The molecule has 1 aliphatic heterocycles. The third-order valence-electron chi connectivity index (χ3n) is 5.39. The van der Waals surface area contributed by atoms with Crippen LogP contribution in [-0.4, -0.2) is 52.3 Å². The van der Waals surface area contributed by atoms with Gasteiger partial charge in [-0.3, -0.25) is 14.6 Å². The maximum atomic E-state index is 13.1. The normalized spacial score (nSPS) is 16.7. The van der Waals surface area contributed by atoms with Gasteiger partial charge in [-0.05, 0) is 36.2 Å². The number of thiophene rings is 1. The number of anilines is 1. The lowest BCUT2D eigenvalue weighted by atomic mass is 10.1. The number of nitrogens with zero attached hydrogens (tertiary/aromatic N) is 3. The van der Waals surface area contributed by atoms with Crippen LogP contribution in [0.4, 0.5) is 5.69 Å². The maximum absolute atomic E-state index is 13.1. The average molecular weight is 459 g/mol. The first-order valence-corrected chi connectivity index (χ1v) is 11.2. The standard InChI is InChI=1S/C22H23ClN4O3S/c1-2-18-22(29)26(12-14-3-4-15-16(24)7-8-25-17(15)11-14)9-10-27(18)20(28)13-30-21-6-5-19(23)31-21/h3-8,11,18H,2,9-10,12-13H2,1H3,(H2,24,25). The minimum absolute atomic E-state index is 0.0538. The zero-order chi connectivity index (χ0) is 22.0. The summed E-state index contributed by atoms with van der Waals surface area (Å²) >= 11 is 7.17. The summed E-state index contributed by atoms with van der Waals surface area (Å²) in [6, 6.07) is 10.6. The van der Waals surface area contributed by atoms with Gasteiger partial charge in [0, 0.05) is 36.9 Å². The highest BCUT2D eigenvalue weighted by molar-refractivity contribution is 7.17. The van der Waals surface area contributed by atoms with E-state index in [1.54, 1.807) is 34.2 Å². The molecule has 0 aliphatic carbocycles. The molecule has 2 aromatic heterocycles. The van der Waals surface area contributed by atoms with Gasteiger partial charge in [0.25, 0.3) is 5.91 Å². The Labute approximate surface area is 189 Å². The van der Waals surface area contributed by atoms with E-state index in [1.807, 2.05) is 25.1 Å². The van der Waals surface area contributed by atoms with Crippen LogP contribution in [0.2, 0.25) is 4.34 Å². The first-order valence-electron chi connectivity index (χ1n) is 10.1. The summed E-state index contributed by atoms with van der Waals surface area (Å²) in [5, 5.41) is 1.48. The van der Waals surface area contributed by atoms with Gasteiger partial charge in [0.2, 0.25) is 5.91 Å². The van der Waals surface area contributed by atoms with Crippen LogP contribution in [0.15, 0.2) is 42.6 Å². The molecular weight excluding hydrogens is 436 g/mol. The van der Waals surface area contributed by atoms with Crippen LogP contribution in [0.3, 0.4) is 0 Å². The molecule has 1 aromatic carbocycles. The summed E-state index contributed by atoms with van der Waals surface area (Å²) in [5.74, 6) is -0.253. The monoisotopic (exact) mass is 458 g/mol. The number of carbonyl (C=O) groups is 2. The fourth-order valence-electron chi connectivity index (χ4n) is 3.81. The number of benzene rings is 1. The molecule has 7 nitrogen and oxygen atoms in total. The number of aromatic nitrogens is 1. The summed E-state index contributed by atoms with van der Waals surface area (Å²) in [5.41, 5.74) is 8.46. The highest BCUT2D eigenvalue weighted by Crippen LogP contribution is 2.28. The smallest absolute Gasteiger partial charge is 0.261 e. The number of rotatable bonds is 6. The fourth-order valence-corrected chi connectivity index (χ4v) is 4.69. The van der Waals surface area contributed by atoms with Crippen molar-refractivity contribution in [3.8, 4) is 5.06 Å². The number of fused-ring (bicyclic) bond motifs is 1. The van der Waals surface area contributed by atoms with Crippen LogP contribution in [0.1, 0.15) is 18.9 Å². The second kappa shape index (κ2) is 9.11. The van der Waals surface area contributed by atoms with Crippen LogP contribution >= 0.6 is 22.9 Å². The minimum Gasteiger partial charge on any atom is -0.474 e. The molecule has 0 bridgehead atoms. The Morgan fingerprint density at radius 2 is 2.13 bits per heavy atom. The number of hydrogen-bond donors (Lipinski definition) is 1. The molecule has 0 radical (unpaired) electrons. The first-order chi connectivity index (χ1) is 15.0. The summed E-state index contributed by atoms with van der Waals surface area (Å²) in [7, 11) is 0. The predicted molar refractivity (Wildman–Crippen MR) is 122 cm³/mol. The van der Waals surface area contributed by atoms with Crippen molar-refractivity contribution in [2.75, 3.05) is 25.4 Å². The third-order valence-corrected chi connectivity index (χ3v) is 6.54. The van der Waals surface area contributed by atoms with E-state index in [0.717, 1.165) is 16.5 Å². The SMILES string of the molecule is CCC1C(=O)N(Cc2ccc3c(N)ccnc3c2)CCN1C(=O)COc1ccc(Cl)s1. The van der Waals surface area contributed by atoms with E-state index in [0.29, 0.717) is 41.1 Å². The lowest BCUT2D eigenvalue weighted by Crippen LogP contribution is -2.59. The minimum atomic E-state index is -0.494. The van der Waals surface area contributed by atoms with Crippen molar-refractivity contribution in [1.29, 1.82) is 0 Å². The Bertz CT molecular complexity index is 1120. The maximum Gasteiger partial charge on any atom is 0.261 e. The number of halogens is 1. The lowest BCUT2D eigenvalue weighted by molar-refractivity contribution is -0.153. The van der Waals surface area contributed by atoms with Crippen molar-refractivity contribution in [2.24, 2.45) is 0 Å². The number of pyridine rings is 1. The van der Waals surface area contributed by atoms with Crippen molar-refractivity contribution >= 4 is 51.3 Å². The van der Waals surface area contributed by atoms with E-state index in [2.05, 4.69) is 4.98 Å². The first kappa shape index (κ1) is 21.4. The van der Waals surface area contributed by atoms with Crippen molar-refractivity contribution < 1.29 is 14.3 Å². The largest absolute Gasteiger partial charge is 0.474 e. The number of carbonyl (C=O) groups excluding carboxylic acids is 2. The van der Waals surface area contributed by atoms with Gasteiger partial charge in [0.05, 0.1) is 9.85 Å². The lowest BCUT2D eigenvalue weighted by Gasteiger charge is -2.40. The van der Waals surface area contributed by atoms with Gasteiger partial charge in [-0.15, -0.1) is 0 Å². The van der Waals surface area contributed by atoms with Crippen molar-refractivity contribution in [3.05, 3.63) is 52.5 Å². The second-order valence-electron chi connectivity index (χ2n) is 7.37. The third kappa shape index (κ3) is 4.60. The topological polar surface area (TPSA) is 88.8 Å². The summed E-state index contributed by atoms with van der Waals surface area (Å²) in [6.45, 7) is 3.20. The molecule has 2 N–H and O–H groups in total. The number of piperazine rings is 1. The molecule has 0 spiro atoms. The van der Waals surface area contributed by atoms with Gasteiger partial charge >= 0.3 is 0 Å². The Morgan fingerprint density at radius 1 is 1.29 bits per heavy atom. The zero-order valence-electron chi connectivity index (χ0n) is 17.1. The Balaban J connectivity index is 1.42. The summed E-state index contributed by atoms with van der Waals surface area (Å²) in [4.78, 5) is 33.6. The highest BCUT2D eigenvalue weighted by Gasteiger charge is 2.36. The number of nitrogens with two attached hydrogens (primary N) is 1. The van der Waals surface area contributed by atoms with E-state index < -0.39 is 6.04 Å². The molecule has 1 fully saturated rings. The zero-order valence-corrected chi connectivity index (χ0v) is 18.7. The van der Waals surface area contributed by atoms with E-state index >= 15 is 0 Å². The molecule has 1 unspecified atom stereocenters. The van der Waals surface area contributed by atoms with E-state index in [1.165, 1.54) is 11.3 Å². The Kier molecular flexibility index (Phi) is 6.29. The van der Waals surface area contributed by atoms with Crippen molar-refractivity contribution in [1.82, 2.24) is 14.8 Å². The quantitative estimate of drug-likeness (QED) is 0.610. The highest BCUT2D eigenvalue weighted by atomic mass is 35.5. The van der Waals surface area contributed by atoms with Crippen LogP contribution in [0.5, 0.6) is 5.06 Å². The molecule has 3 aromatic rings. The van der Waals surface area contributed by atoms with E-state index in [9.17, 15) is 9.59 Å². The predicted octanol–water partition coefficient (Wildman–Crippen LogP) is 3.56. The molecule has 2 amide bonds. The summed E-state index contributed by atoms with van der Waals surface area (Å²) in [6.07, 6.45) is 2.22. The van der Waals surface area contributed by atoms with Crippen molar-refractivity contribution in [2.45, 2.75) is 25.9 Å². The van der Waals surface area contributed by atoms with Gasteiger partial charge in [0.15, 0.2) is 11.7 Å². The Hall–Kier alpha value is -2.84. The molecule has 9 heteroatoms. The summed E-state index contributed by atoms with van der Waals surface area (Å²) < 4.78 is 6.14. The number of amides is 2. The number of ether oxygens (including phenoxy) is 1. The molecule has 0 saturated carbocycles. The van der Waals surface area contributed by atoms with Gasteiger partial charge in [-0.2, -0.15) is 0 Å². The van der Waals surface area contributed by atoms with Gasteiger partial charge in [-0.1, -0.05) is 42.0 Å². The molecular formula is C22H23ClN4O3S. The van der Waals surface area contributed by atoms with Crippen molar-refractivity contribution in [3.63, 3.8) is 0 Å². The van der Waals surface area contributed by atoms with Gasteiger partial charge in [-0.25, -0.2) is 0 Å². The number of nitrogen functional groups attached to an aromatic ring is 1. The molecule has 1 atom stereocenters. The molecule has 1 aliphatic rings. The molecule has 162 valence electrons. The van der Waals surface area contributed by atoms with Gasteiger partial charge < -0.3 is 20.3 Å². The van der Waals surface area contributed by atoms with Crippen LogP contribution in [0, 0.1) is 0 Å². The molecule has 31 heavy (non-hydrogen) atoms. The van der Waals surface area contributed by atoms with Crippen LogP contribution in [-0.2, 0) is 16.1 Å².